The molecule has 27 nitrogen and oxygen atoms in total. The molecule has 3 aromatic carbocycles. The number of halogens is 3. The van der Waals surface area contributed by atoms with Crippen molar-refractivity contribution in [2.45, 2.75) is 59.6 Å². The van der Waals surface area contributed by atoms with Crippen molar-refractivity contribution in [3.05, 3.63) is 258 Å². The fourth-order valence-electron chi connectivity index (χ4n) is 8.10. The van der Waals surface area contributed by atoms with E-state index in [1.54, 1.807) is 42.7 Å². The number of nitro groups is 2. The van der Waals surface area contributed by atoms with E-state index < -0.39 is 9.85 Å². The van der Waals surface area contributed by atoms with Gasteiger partial charge in [-0.15, -0.1) is 0 Å². The van der Waals surface area contributed by atoms with Gasteiger partial charge in [-0.05, 0) is 105 Å². The lowest BCUT2D eigenvalue weighted by molar-refractivity contribution is -0.385. The van der Waals surface area contributed by atoms with E-state index in [1.165, 1.54) is 43.6 Å². The first-order valence-electron chi connectivity index (χ1n) is 30.0. The number of aromatic nitrogens is 9. The van der Waals surface area contributed by atoms with Gasteiger partial charge < -0.3 is 50.5 Å². The summed E-state index contributed by atoms with van der Waals surface area (Å²) in [5, 5.41) is 56.6. The van der Waals surface area contributed by atoms with E-state index in [-0.39, 0.29) is 67.7 Å². The monoisotopic (exact) mass is 1400 g/mol. The molecule has 0 fully saturated rings. The first-order chi connectivity index (χ1) is 47.2. The summed E-state index contributed by atoms with van der Waals surface area (Å²) in [6.45, 7) is 7.77. The van der Waals surface area contributed by atoms with Gasteiger partial charge in [0.05, 0.1) is 83.2 Å². The number of rotatable bonds is 27. The number of Topliss-reactive ketones (excluding diaryl/α,β-unsaturated/α-hetero) is 2. The Bertz CT molecular complexity index is 3990. The predicted octanol–water partition coefficient (Wildman–Crippen LogP) is 10.5. The quantitative estimate of drug-likeness (QED) is 0.0138. The van der Waals surface area contributed by atoms with Crippen LogP contribution in [0.2, 0.25) is 15.2 Å². The molecule has 0 spiro atoms. The number of carbonyl (C=O) groups is 2. The molecule has 0 saturated carbocycles. The lowest BCUT2D eigenvalue weighted by Crippen LogP contribution is -2.08. The summed E-state index contributed by atoms with van der Waals surface area (Å²) in [6, 6.07) is 44.7. The number of benzene rings is 3. The van der Waals surface area contributed by atoms with E-state index in [0.717, 1.165) is 57.0 Å². The van der Waals surface area contributed by atoms with Crippen molar-refractivity contribution in [1.29, 1.82) is 0 Å². The number of aryl methyl sites for hydroxylation is 3. The van der Waals surface area contributed by atoms with Crippen LogP contribution in [0.1, 0.15) is 52.8 Å². The number of ketones is 2. The second-order valence-electron chi connectivity index (χ2n) is 20.4. The molecule has 10 aromatic rings. The number of nitrogens with two attached hydrogens (primary N) is 2. The second-order valence-corrected chi connectivity index (χ2v) is 21.6. The molecule has 0 radical (unpaired) electrons. The molecule has 516 valence electrons. The van der Waals surface area contributed by atoms with Crippen molar-refractivity contribution in [2.75, 3.05) is 58.6 Å². The van der Waals surface area contributed by atoms with Gasteiger partial charge in [-0.3, -0.25) is 29.8 Å². The van der Waals surface area contributed by atoms with Crippen LogP contribution in [0.25, 0.3) is 11.4 Å². The molecular formula is C68H74Cl3N13O14. The Labute approximate surface area is 579 Å². The number of aliphatic hydroxyl groups is 3. The molecule has 0 aliphatic rings. The lowest BCUT2D eigenvalue weighted by atomic mass is 10.1. The molecular weight excluding hydrogens is 1330 g/mol. The molecule has 0 atom stereocenters. The van der Waals surface area contributed by atoms with Crippen LogP contribution in [0.4, 0.5) is 17.1 Å². The third-order valence-corrected chi connectivity index (χ3v) is 13.2. The van der Waals surface area contributed by atoms with Crippen molar-refractivity contribution in [1.82, 2.24) is 44.5 Å². The maximum atomic E-state index is 12.4. The number of nitrogens with zero attached hydrogens (tertiary/aromatic N) is 11. The highest BCUT2D eigenvalue weighted by Crippen LogP contribution is 2.21. The first-order valence-corrected chi connectivity index (χ1v) is 31.2. The molecule has 0 bridgehead atoms. The average molecular weight is 1400 g/mol. The zero-order chi connectivity index (χ0) is 71.0. The van der Waals surface area contributed by atoms with Crippen LogP contribution < -0.4 is 30.4 Å². The molecule has 10 rings (SSSR count). The SMILES string of the molecule is CC(=O)Cc1ccc(OCCO)nc1.Cc1cc(CCC(=O)Cc2ccc(OCCO)nc2)n(-c2cccc(Cl)c2)n1.Cc1cc(CN)n(-c2cccc(Cl)c2)n1.Nc1ccc(OCCO)nc1.O=[N+]([O-])c1ccc(Cl)nc1.O=[N+]([O-])c1ccc(OCCOCc2ccccc2)nc1. The topological polar surface area (TPSA) is 379 Å². The van der Waals surface area contributed by atoms with E-state index in [0.29, 0.717) is 91.3 Å². The zero-order valence-corrected chi connectivity index (χ0v) is 56.0. The van der Waals surface area contributed by atoms with Gasteiger partial charge >= 0.3 is 0 Å². The van der Waals surface area contributed by atoms with Crippen LogP contribution in [0.15, 0.2) is 183 Å². The molecule has 7 heterocycles. The highest BCUT2D eigenvalue weighted by molar-refractivity contribution is 6.31. The van der Waals surface area contributed by atoms with Crippen LogP contribution >= 0.6 is 34.8 Å². The standard InChI is InChI=1S/C21H22ClN3O3.C14H14N2O4.C11H12ClN3.C10H13NO3.C7H10N2O2.C5H3ClN2O2/c1-15-11-19(25(24-15)18-4-2-3-17(22)13-18)6-7-20(27)12-16-5-8-21(23-14-16)28-10-9-26;17-16(18)13-6-7-14(15-10-13)20-9-8-19-11-12-4-2-1-3-5-12;1-8-5-11(7-13)15(14-8)10-4-2-3-9(12)6-10;1-8(13)6-9-2-3-10(11-7-9)14-5-4-12;8-6-1-2-7(9-5-6)11-4-3-10;6-5-2-1-4(3-7-5)8(9)10/h2-5,8,11,13-14,26H,6-7,9-10,12H2,1H3;1-7,10H,8-9,11H2;2-6H,7,13H2,1H3;2-3,7,12H,4-6H2,1H3;1-2,5,10H,3-4,8H2;1-3H. The highest BCUT2D eigenvalue weighted by atomic mass is 35.5. The van der Waals surface area contributed by atoms with Crippen LogP contribution in [-0.2, 0) is 46.7 Å². The second kappa shape index (κ2) is 43.7. The minimum Gasteiger partial charge on any atom is -0.475 e. The van der Waals surface area contributed by atoms with Crippen LogP contribution in [0.5, 0.6) is 23.5 Å². The van der Waals surface area contributed by atoms with Gasteiger partial charge in [0.15, 0.2) is 0 Å². The van der Waals surface area contributed by atoms with Gasteiger partial charge in [0.1, 0.15) is 55.5 Å². The van der Waals surface area contributed by atoms with Gasteiger partial charge in [-0.2, -0.15) is 10.2 Å². The maximum absolute atomic E-state index is 12.4. The molecule has 98 heavy (non-hydrogen) atoms. The number of anilines is 1. The predicted molar refractivity (Wildman–Crippen MR) is 369 cm³/mol. The molecule has 30 heteroatoms. The summed E-state index contributed by atoms with van der Waals surface area (Å²) in [6.07, 6.45) is 8.74. The van der Waals surface area contributed by atoms with Crippen LogP contribution in [0.3, 0.4) is 0 Å². The minimum atomic E-state index is -0.524. The number of carbonyl (C=O) groups excluding carboxylic acids is 2. The van der Waals surface area contributed by atoms with E-state index >= 15 is 0 Å². The van der Waals surface area contributed by atoms with Crippen LogP contribution in [0, 0.1) is 34.1 Å². The number of pyridine rings is 5. The minimum absolute atomic E-state index is 0.00788. The summed E-state index contributed by atoms with van der Waals surface area (Å²) >= 11 is 17.4. The summed E-state index contributed by atoms with van der Waals surface area (Å²) in [5.41, 5.74) is 19.9. The van der Waals surface area contributed by atoms with Crippen molar-refractivity contribution in [2.24, 2.45) is 5.73 Å². The molecule has 0 amide bonds. The number of ether oxygens (including phenoxy) is 5. The van der Waals surface area contributed by atoms with E-state index in [2.05, 4.69) is 35.1 Å². The molecule has 0 saturated heterocycles. The van der Waals surface area contributed by atoms with Gasteiger partial charge in [0.2, 0.25) is 23.5 Å². The smallest absolute Gasteiger partial charge is 0.287 e. The summed E-state index contributed by atoms with van der Waals surface area (Å²) in [5.74, 6) is 1.96. The Morgan fingerprint density at radius 1 is 0.520 bits per heavy atom. The molecule has 0 aliphatic heterocycles. The maximum Gasteiger partial charge on any atom is 0.287 e. The summed E-state index contributed by atoms with van der Waals surface area (Å²) in [4.78, 5) is 62.0. The molecule has 7 aromatic heterocycles. The lowest BCUT2D eigenvalue weighted by Gasteiger charge is -2.08. The normalized spacial score (nSPS) is 10.2. The Balaban J connectivity index is 0.000000221. The first kappa shape index (κ1) is 78.3. The van der Waals surface area contributed by atoms with E-state index in [9.17, 15) is 29.8 Å². The van der Waals surface area contributed by atoms with Crippen LogP contribution in [-0.4, -0.2) is 134 Å². The average Bonchev–Trinajstić information content (AvgIpc) is 1.69. The Morgan fingerprint density at radius 3 is 1.43 bits per heavy atom. The van der Waals surface area contributed by atoms with Gasteiger partial charge in [-0.1, -0.05) is 89.4 Å². The van der Waals surface area contributed by atoms with Gasteiger partial charge in [-0.25, -0.2) is 34.3 Å². The van der Waals surface area contributed by atoms with Crippen molar-refractivity contribution >= 4 is 63.4 Å². The van der Waals surface area contributed by atoms with Crippen molar-refractivity contribution in [3.63, 3.8) is 0 Å². The van der Waals surface area contributed by atoms with Gasteiger partial charge in [0.25, 0.3) is 11.4 Å². The summed E-state index contributed by atoms with van der Waals surface area (Å²) in [7, 11) is 0. The van der Waals surface area contributed by atoms with E-state index in [4.69, 9.17) is 85.3 Å². The molecule has 7 N–H and O–H groups in total. The third kappa shape index (κ3) is 30.2. The summed E-state index contributed by atoms with van der Waals surface area (Å²) < 4.78 is 29.7. The zero-order valence-electron chi connectivity index (χ0n) is 53.8. The third-order valence-electron chi connectivity index (χ3n) is 12.5. The molecule has 0 unspecified atom stereocenters. The number of aliphatic hydroxyl groups excluding tert-OH is 3. The fourth-order valence-corrected chi connectivity index (χ4v) is 8.59. The Hall–Kier alpha value is -10.4. The van der Waals surface area contributed by atoms with Crippen molar-refractivity contribution < 1.29 is 58.4 Å². The van der Waals surface area contributed by atoms with E-state index in [1.807, 2.05) is 120 Å². The molecule has 0 aliphatic carbocycles. The fraction of sp³-hybridized carbons (Fsp3) is 0.250. The Morgan fingerprint density at radius 2 is 0.990 bits per heavy atom. The number of nitrogen functional groups attached to an aromatic ring is 1. The van der Waals surface area contributed by atoms with Crippen molar-refractivity contribution in [3.8, 4) is 34.9 Å². The van der Waals surface area contributed by atoms with Gasteiger partial charge in [0, 0.05) is 90.3 Å². The highest BCUT2D eigenvalue weighted by Gasteiger charge is 2.13. The number of hydrogen-bond acceptors (Lipinski definition) is 23. The Kier molecular flexibility index (Phi) is 34.9. The largest absolute Gasteiger partial charge is 0.475 e. The number of hydrogen-bond donors (Lipinski definition) is 5.